The summed E-state index contributed by atoms with van der Waals surface area (Å²) in [5.41, 5.74) is 0.751. The Morgan fingerprint density at radius 1 is 1.63 bits per heavy atom. The molecule has 0 radical (unpaired) electrons. The second-order valence-corrected chi connectivity index (χ2v) is 5.31. The van der Waals surface area contributed by atoms with Gasteiger partial charge in [-0.15, -0.1) is 16.4 Å². The second kappa shape index (κ2) is 5.50. The molecule has 0 spiro atoms. The smallest absolute Gasteiger partial charge is 0.225 e. The number of hydrogen-bond donors (Lipinski definition) is 1. The van der Waals surface area contributed by atoms with Gasteiger partial charge in [-0.05, 0) is 23.9 Å². The summed E-state index contributed by atoms with van der Waals surface area (Å²) in [6, 6.07) is 3.93. The lowest BCUT2D eigenvalue weighted by atomic mass is 10.1. The minimum atomic E-state index is -0.0210. The molecule has 1 amide bonds. The van der Waals surface area contributed by atoms with E-state index in [1.165, 1.54) is 0 Å². The molecular formula is C12H14N4O2S. The molecule has 1 aliphatic heterocycles. The lowest BCUT2D eigenvalue weighted by molar-refractivity contribution is -0.125. The van der Waals surface area contributed by atoms with Gasteiger partial charge in [0.15, 0.2) is 0 Å². The maximum Gasteiger partial charge on any atom is 0.225 e. The first kappa shape index (κ1) is 12.3. The van der Waals surface area contributed by atoms with Gasteiger partial charge in [-0.2, -0.15) is 0 Å². The van der Waals surface area contributed by atoms with Crippen LogP contribution < -0.4 is 5.32 Å². The Morgan fingerprint density at radius 3 is 3.32 bits per heavy atom. The van der Waals surface area contributed by atoms with Gasteiger partial charge in [0.05, 0.1) is 25.3 Å². The molecule has 1 aliphatic rings. The van der Waals surface area contributed by atoms with Crippen LogP contribution in [0.5, 0.6) is 0 Å². The monoisotopic (exact) mass is 278 g/mol. The van der Waals surface area contributed by atoms with Crippen molar-refractivity contribution in [3.8, 4) is 5.00 Å². The molecule has 3 rings (SSSR count). The maximum absolute atomic E-state index is 11.8. The quantitative estimate of drug-likeness (QED) is 0.905. The number of carbonyl (C=O) groups is 1. The van der Waals surface area contributed by atoms with Gasteiger partial charge in [-0.25, -0.2) is 4.68 Å². The average Bonchev–Trinajstić information content (AvgIpc) is 3.14. The molecule has 0 bridgehead atoms. The van der Waals surface area contributed by atoms with Crippen LogP contribution in [0.25, 0.3) is 5.00 Å². The molecule has 1 unspecified atom stereocenters. The third-order valence-electron chi connectivity index (χ3n) is 3.02. The number of thiophene rings is 1. The summed E-state index contributed by atoms with van der Waals surface area (Å²) in [6.07, 6.45) is 2.63. The molecule has 2 aromatic rings. The predicted molar refractivity (Wildman–Crippen MR) is 70.0 cm³/mol. The van der Waals surface area contributed by atoms with E-state index in [0.717, 1.165) is 17.1 Å². The van der Waals surface area contributed by atoms with Crippen molar-refractivity contribution in [3.05, 3.63) is 29.4 Å². The molecule has 0 aliphatic carbocycles. The normalized spacial score (nSPS) is 18.6. The molecule has 19 heavy (non-hydrogen) atoms. The number of ether oxygens (including phenoxy) is 1. The Bertz CT molecular complexity index is 546. The zero-order chi connectivity index (χ0) is 13.1. The molecule has 0 aromatic carbocycles. The van der Waals surface area contributed by atoms with Gasteiger partial charge in [0, 0.05) is 6.61 Å². The Kier molecular flexibility index (Phi) is 3.56. The van der Waals surface area contributed by atoms with Crippen molar-refractivity contribution in [1.82, 2.24) is 20.3 Å². The van der Waals surface area contributed by atoms with E-state index in [9.17, 15) is 4.79 Å². The highest BCUT2D eigenvalue weighted by Gasteiger charge is 2.23. The largest absolute Gasteiger partial charge is 0.381 e. The van der Waals surface area contributed by atoms with Crippen LogP contribution in [0, 0.1) is 5.92 Å². The average molecular weight is 278 g/mol. The molecule has 6 nitrogen and oxygen atoms in total. The van der Waals surface area contributed by atoms with Gasteiger partial charge in [-0.3, -0.25) is 4.79 Å². The molecule has 1 fully saturated rings. The summed E-state index contributed by atoms with van der Waals surface area (Å²) in [7, 11) is 0. The summed E-state index contributed by atoms with van der Waals surface area (Å²) in [5.74, 6) is 0.00974. The van der Waals surface area contributed by atoms with Crippen molar-refractivity contribution >= 4 is 17.2 Å². The fourth-order valence-electron chi connectivity index (χ4n) is 1.95. The van der Waals surface area contributed by atoms with E-state index in [0.29, 0.717) is 19.8 Å². The highest BCUT2D eigenvalue weighted by Crippen LogP contribution is 2.14. The van der Waals surface area contributed by atoms with E-state index in [4.69, 9.17) is 4.74 Å². The molecule has 1 N–H and O–H groups in total. The molecule has 2 aromatic heterocycles. The Hall–Kier alpha value is -1.73. The molecular weight excluding hydrogens is 264 g/mol. The topological polar surface area (TPSA) is 69.0 Å². The zero-order valence-electron chi connectivity index (χ0n) is 10.3. The van der Waals surface area contributed by atoms with Gasteiger partial charge >= 0.3 is 0 Å². The van der Waals surface area contributed by atoms with Crippen molar-refractivity contribution in [1.29, 1.82) is 0 Å². The summed E-state index contributed by atoms with van der Waals surface area (Å²) >= 11 is 1.59. The first-order valence-electron chi connectivity index (χ1n) is 6.13. The van der Waals surface area contributed by atoms with E-state index in [1.807, 2.05) is 23.7 Å². The SMILES string of the molecule is O=C(NCc1cn(-c2cccs2)nn1)C1CCOC1. The first-order chi connectivity index (χ1) is 9.33. The molecule has 100 valence electrons. The fraction of sp³-hybridized carbons (Fsp3) is 0.417. The number of nitrogens with one attached hydrogen (secondary N) is 1. The van der Waals surface area contributed by atoms with E-state index in [1.54, 1.807) is 16.0 Å². The Morgan fingerprint density at radius 2 is 2.58 bits per heavy atom. The third kappa shape index (κ3) is 2.82. The number of nitrogens with zero attached hydrogens (tertiary/aromatic N) is 3. The predicted octanol–water partition coefficient (Wildman–Crippen LogP) is 0.981. The standard InChI is InChI=1S/C12H14N4O2S/c17-12(9-3-4-18-8-9)13-6-10-7-16(15-14-10)11-2-1-5-19-11/h1-2,5,7,9H,3-4,6,8H2,(H,13,17). The van der Waals surface area contributed by atoms with Crippen LogP contribution in [0.1, 0.15) is 12.1 Å². The van der Waals surface area contributed by atoms with Gasteiger partial charge in [-0.1, -0.05) is 5.21 Å². The summed E-state index contributed by atoms with van der Waals surface area (Å²) in [6.45, 7) is 1.60. The number of hydrogen-bond acceptors (Lipinski definition) is 5. The molecule has 1 atom stereocenters. The van der Waals surface area contributed by atoms with Crippen LogP contribution in [0.15, 0.2) is 23.7 Å². The highest BCUT2D eigenvalue weighted by atomic mass is 32.1. The second-order valence-electron chi connectivity index (χ2n) is 4.38. The van der Waals surface area contributed by atoms with Crippen LogP contribution >= 0.6 is 11.3 Å². The van der Waals surface area contributed by atoms with Crippen LogP contribution in [-0.2, 0) is 16.1 Å². The van der Waals surface area contributed by atoms with Crippen molar-refractivity contribution in [2.75, 3.05) is 13.2 Å². The fourth-order valence-corrected chi connectivity index (χ4v) is 2.60. The minimum Gasteiger partial charge on any atom is -0.381 e. The number of amides is 1. The van der Waals surface area contributed by atoms with E-state index in [-0.39, 0.29) is 11.8 Å². The van der Waals surface area contributed by atoms with Crippen molar-refractivity contribution in [2.45, 2.75) is 13.0 Å². The van der Waals surface area contributed by atoms with Crippen molar-refractivity contribution < 1.29 is 9.53 Å². The minimum absolute atomic E-state index is 0.0210. The van der Waals surface area contributed by atoms with Crippen LogP contribution in [0.2, 0.25) is 0 Å². The lowest BCUT2D eigenvalue weighted by Gasteiger charge is -2.07. The van der Waals surface area contributed by atoms with Crippen molar-refractivity contribution in [2.24, 2.45) is 5.92 Å². The molecule has 0 saturated carbocycles. The Labute approximate surface area is 114 Å². The van der Waals surface area contributed by atoms with E-state index >= 15 is 0 Å². The van der Waals surface area contributed by atoms with Crippen LogP contribution in [0.3, 0.4) is 0 Å². The van der Waals surface area contributed by atoms with Crippen molar-refractivity contribution in [3.63, 3.8) is 0 Å². The highest BCUT2D eigenvalue weighted by molar-refractivity contribution is 7.12. The number of aromatic nitrogens is 3. The molecule has 7 heteroatoms. The van der Waals surface area contributed by atoms with E-state index < -0.39 is 0 Å². The maximum atomic E-state index is 11.8. The molecule has 1 saturated heterocycles. The zero-order valence-corrected chi connectivity index (χ0v) is 11.1. The van der Waals surface area contributed by atoms with E-state index in [2.05, 4.69) is 15.6 Å². The van der Waals surface area contributed by atoms with Gasteiger partial charge in [0.1, 0.15) is 10.7 Å². The van der Waals surface area contributed by atoms with Crippen LogP contribution in [-0.4, -0.2) is 34.1 Å². The lowest BCUT2D eigenvalue weighted by Crippen LogP contribution is -2.30. The first-order valence-corrected chi connectivity index (χ1v) is 7.01. The van der Waals surface area contributed by atoms with Gasteiger partial charge < -0.3 is 10.1 Å². The summed E-state index contributed by atoms with van der Waals surface area (Å²) in [5, 5.41) is 13.9. The van der Waals surface area contributed by atoms with Crippen LogP contribution in [0.4, 0.5) is 0 Å². The van der Waals surface area contributed by atoms with Gasteiger partial charge in [0.25, 0.3) is 0 Å². The number of carbonyl (C=O) groups excluding carboxylic acids is 1. The summed E-state index contributed by atoms with van der Waals surface area (Å²) in [4.78, 5) is 11.8. The molecule has 3 heterocycles. The third-order valence-corrected chi connectivity index (χ3v) is 3.87. The van der Waals surface area contributed by atoms with Gasteiger partial charge in [0.2, 0.25) is 5.91 Å². The number of rotatable bonds is 4. The summed E-state index contributed by atoms with van der Waals surface area (Å²) < 4.78 is 6.90. The Balaban J connectivity index is 1.57.